The molecule has 0 spiro atoms. The highest BCUT2D eigenvalue weighted by atomic mass is 16.5. The summed E-state index contributed by atoms with van der Waals surface area (Å²) in [6.45, 7) is 4.23. The summed E-state index contributed by atoms with van der Waals surface area (Å²) in [6, 6.07) is 7.87. The van der Waals surface area contributed by atoms with Gasteiger partial charge in [-0.05, 0) is 17.5 Å². The molecule has 0 saturated carbocycles. The number of nitrogens with one attached hydrogen (secondary N) is 2. The fraction of sp³-hybridized carbons (Fsp3) is 0.214. The summed E-state index contributed by atoms with van der Waals surface area (Å²) in [5, 5.41) is 7.44. The summed E-state index contributed by atoms with van der Waals surface area (Å²) in [7, 11) is 0. The lowest BCUT2D eigenvalue weighted by molar-refractivity contribution is 0.460. The monoisotopic (exact) mass is 284 g/mol. The van der Waals surface area contributed by atoms with Crippen molar-refractivity contribution in [2.45, 2.75) is 19.8 Å². The van der Waals surface area contributed by atoms with E-state index in [2.05, 4.69) is 39.4 Å². The number of hydrogen-bond donors (Lipinski definition) is 3. The lowest BCUT2D eigenvalue weighted by Gasteiger charge is -2.13. The highest BCUT2D eigenvalue weighted by Gasteiger charge is 2.14. The van der Waals surface area contributed by atoms with Crippen molar-refractivity contribution < 1.29 is 4.74 Å². The zero-order valence-corrected chi connectivity index (χ0v) is 11.8. The second-order valence-corrected chi connectivity index (χ2v) is 4.92. The first kappa shape index (κ1) is 13.3. The van der Waals surface area contributed by atoms with Crippen molar-refractivity contribution in [3.8, 4) is 11.6 Å². The number of anilines is 1. The molecular weight excluding hydrogens is 268 g/mol. The van der Waals surface area contributed by atoms with Crippen LogP contribution in [0.5, 0.6) is 11.6 Å². The molecule has 0 unspecified atom stereocenters. The van der Waals surface area contributed by atoms with Gasteiger partial charge in [0.15, 0.2) is 5.65 Å². The molecule has 0 radical (unpaired) electrons. The van der Waals surface area contributed by atoms with Gasteiger partial charge in [-0.3, -0.25) is 10.5 Å². The molecule has 3 rings (SSSR count). The number of hydrogen-bond acceptors (Lipinski definition) is 6. The number of benzene rings is 1. The number of hydrazine groups is 1. The molecule has 0 fully saturated rings. The molecule has 4 N–H and O–H groups in total. The fourth-order valence-corrected chi connectivity index (χ4v) is 2.11. The van der Waals surface area contributed by atoms with Crippen LogP contribution in [0.15, 0.2) is 30.5 Å². The van der Waals surface area contributed by atoms with Crippen molar-refractivity contribution in [1.29, 1.82) is 0 Å². The average molecular weight is 284 g/mol. The Morgan fingerprint density at radius 1 is 1.24 bits per heavy atom. The largest absolute Gasteiger partial charge is 0.438 e. The molecule has 7 nitrogen and oxygen atoms in total. The Hall–Kier alpha value is -2.67. The Kier molecular flexibility index (Phi) is 3.41. The van der Waals surface area contributed by atoms with Gasteiger partial charge in [0.2, 0.25) is 11.8 Å². The molecule has 0 atom stereocenters. The van der Waals surface area contributed by atoms with Crippen LogP contribution in [0.4, 0.5) is 5.95 Å². The van der Waals surface area contributed by atoms with E-state index in [1.165, 1.54) is 0 Å². The first-order valence-corrected chi connectivity index (χ1v) is 6.63. The maximum absolute atomic E-state index is 5.98. The van der Waals surface area contributed by atoms with E-state index in [0.29, 0.717) is 22.8 Å². The summed E-state index contributed by atoms with van der Waals surface area (Å²) in [4.78, 5) is 8.43. The number of ether oxygens (including phenoxy) is 1. The van der Waals surface area contributed by atoms with E-state index in [1.54, 1.807) is 6.20 Å². The van der Waals surface area contributed by atoms with Crippen molar-refractivity contribution in [1.82, 2.24) is 20.2 Å². The molecular formula is C14H16N6O. The number of nitrogens with zero attached hydrogens (tertiary/aromatic N) is 3. The Bertz CT molecular complexity index is 767. The maximum Gasteiger partial charge on any atom is 0.242 e. The minimum atomic E-state index is 0.267. The molecule has 0 aliphatic rings. The number of para-hydroxylation sites is 1. The lowest BCUT2D eigenvalue weighted by Crippen LogP contribution is -2.11. The number of fused-ring (bicyclic) bond motifs is 1. The molecule has 21 heavy (non-hydrogen) atoms. The van der Waals surface area contributed by atoms with Gasteiger partial charge >= 0.3 is 0 Å². The predicted octanol–water partition coefficient (Wildman–Crippen LogP) is 2.55. The Morgan fingerprint density at radius 2 is 2.05 bits per heavy atom. The van der Waals surface area contributed by atoms with E-state index in [9.17, 15) is 0 Å². The molecule has 0 aliphatic heterocycles. The molecule has 2 aromatic heterocycles. The lowest BCUT2D eigenvalue weighted by atomic mass is 10.0. The van der Waals surface area contributed by atoms with E-state index in [4.69, 9.17) is 10.6 Å². The highest BCUT2D eigenvalue weighted by molar-refractivity contribution is 5.80. The zero-order valence-electron chi connectivity index (χ0n) is 11.8. The summed E-state index contributed by atoms with van der Waals surface area (Å²) < 4.78 is 5.98. The summed E-state index contributed by atoms with van der Waals surface area (Å²) in [6.07, 6.45) is 1.63. The second kappa shape index (κ2) is 5.37. The first-order chi connectivity index (χ1) is 10.2. The van der Waals surface area contributed by atoms with Crippen molar-refractivity contribution in [3.63, 3.8) is 0 Å². The van der Waals surface area contributed by atoms with E-state index >= 15 is 0 Å². The first-order valence-electron chi connectivity index (χ1n) is 6.63. The van der Waals surface area contributed by atoms with Gasteiger partial charge in [-0.25, -0.2) is 5.84 Å². The van der Waals surface area contributed by atoms with Gasteiger partial charge in [0.1, 0.15) is 11.1 Å². The van der Waals surface area contributed by atoms with Gasteiger partial charge < -0.3 is 4.74 Å². The topological polar surface area (TPSA) is 102 Å². The van der Waals surface area contributed by atoms with Crippen LogP contribution in [0.25, 0.3) is 11.0 Å². The van der Waals surface area contributed by atoms with Crippen LogP contribution in [0.1, 0.15) is 25.3 Å². The molecule has 1 aromatic carbocycles. The number of H-pyrrole nitrogens is 1. The zero-order chi connectivity index (χ0) is 14.8. The number of nitrogen functional groups attached to an aromatic ring is 1. The highest BCUT2D eigenvalue weighted by Crippen LogP contribution is 2.32. The molecule has 0 bridgehead atoms. The van der Waals surface area contributed by atoms with Crippen molar-refractivity contribution in [2.24, 2.45) is 5.84 Å². The van der Waals surface area contributed by atoms with Gasteiger partial charge in [-0.1, -0.05) is 32.0 Å². The third kappa shape index (κ3) is 2.50. The molecule has 2 heterocycles. The summed E-state index contributed by atoms with van der Waals surface area (Å²) >= 11 is 0. The predicted molar refractivity (Wildman–Crippen MR) is 80.1 cm³/mol. The smallest absolute Gasteiger partial charge is 0.242 e. The van der Waals surface area contributed by atoms with Gasteiger partial charge in [0, 0.05) is 0 Å². The summed E-state index contributed by atoms with van der Waals surface area (Å²) in [5.74, 6) is 7.17. The van der Waals surface area contributed by atoms with E-state index in [0.717, 1.165) is 11.3 Å². The maximum atomic E-state index is 5.98. The molecule has 0 saturated heterocycles. The third-order valence-corrected chi connectivity index (χ3v) is 3.15. The summed E-state index contributed by atoms with van der Waals surface area (Å²) in [5.41, 5.74) is 4.09. The number of aromatic amines is 1. The normalized spacial score (nSPS) is 11.0. The molecule has 3 aromatic rings. The molecule has 108 valence electrons. The van der Waals surface area contributed by atoms with Crippen LogP contribution in [-0.4, -0.2) is 20.2 Å². The van der Waals surface area contributed by atoms with Crippen LogP contribution in [0.3, 0.4) is 0 Å². The average Bonchev–Trinajstić information content (AvgIpc) is 2.96. The van der Waals surface area contributed by atoms with Gasteiger partial charge in [-0.15, -0.1) is 0 Å². The minimum absolute atomic E-state index is 0.267. The Morgan fingerprint density at radius 3 is 2.81 bits per heavy atom. The van der Waals surface area contributed by atoms with Gasteiger partial charge in [0.25, 0.3) is 0 Å². The van der Waals surface area contributed by atoms with Crippen molar-refractivity contribution in [2.75, 3.05) is 5.43 Å². The molecule has 0 amide bonds. The van der Waals surface area contributed by atoms with Gasteiger partial charge in [-0.2, -0.15) is 15.1 Å². The van der Waals surface area contributed by atoms with Gasteiger partial charge in [0.05, 0.1) is 6.20 Å². The minimum Gasteiger partial charge on any atom is -0.438 e. The van der Waals surface area contributed by atoms with Crippen LogP contribution < -0.4 is 16.0 Å². The number of aromatic nitrogens is 4. The van der Waals surface area contributed by atoms with Crippen LogP contribution in [-0.2, 0) is 0 Å². The quantitative estimate of drug-likeness (QED) is 0.502. The van der Waals surface area contributed by atoms with E-state index in [-0.39, 0.29) is 5.95 Å². The van der Waals surface area contributed by atoms with E-state index in [1.807, 2.05) is 24.3 Å². The number of rotatable bonds is 4. The fourth-order valence-electron chi connectivity index (χ4n) is 2.11. The van der Waals surface area contributed by atoms with Crippen molar-refractivity contribution >= 4 is 17.0 Å². The van der Waals surface area contributed by atoms with Crippen LogP contribution in [0, 0.1) is 0 Å². The standard InChI is InChI=1S/C14H16N6O/c1-8(2)9-5-3-4-6-11(9)21-13-10-7-16-20-12(10)17-14(18-13)19-15/h3-8H,15H2,1-2H3,(H2,16,17,18,19,20). The second-order valence-electron chi connectivity index (χ2n) is 4.92. The Labute approximate surface area is 121 Å². The van der Waals surface area contributed by atoms with Crippen LogP contribution >= 0.6 is 0 Å². The van der Waals surface area contributed by atoms with Crippen molar-refractivity contribution in [3.05, 3.63) is 36.0 Å². The molecule has 7 heteroatoms. The number of nitrogens with two attached hydrogens (primary N) is 1. The SMILES string of the molecule is CC(C)c1ccccc1Oc1nc(NN)nc2[nH]ncc12. The van der Waals surface area contributed by atoms with E-state index < -0.39 is 0 Å². The molecule has 0 aliphatic carbocycles. The third-order valence-electron chi connectivity index (χ3n) is 3.15. The van der Waals surface area contributed by atoms with Crippen LogP contribution in [0.2, 0.25) is 0 Å². The Balaban J connectivity index is 2.07.